The fraction of sp³-hybridized carbons (Fsp3) is 0.429. The Balaban J connectivity index is 2.71. The second kappa shape index (κ2) is 6.91. The smallest absolute Gasteiger partial charge is 0.146 e. The minimum atomic E-state index is -0.422. The number of hydrogen-bond acceptors (Lipinski definition) is 4. The highest BCUT2D eigenvalue weighted by atomic mass is 16.6. The molecule has 0 fully saturated rings. The molecule has 1 aromatic carbocycles. The van der Waals surface area contributed by atoms with Crippen LogP contribution in [0.15, 0.2) is 29.4 Å². The van der Waals surface area contributed by atoms with Gasteiger partial charge in [0.05, 0.1) is 11.8 Å². The van der Waals surface area contributed by atoms with Crippen LogP contribution >= 0.6 is 0 Å². The van der Waals surface area contributed by atoms with Crippen LogP contribution in [-0.4, -0.2) is 24.1 Å². The molecular formula is C14H20N2O2. The maximum Gasteiger partial charge on any atom is 0.146 e. The molecule has 18 heavy (non-hydrogen) atoms. The van der Waals surface area contributed by atoms with E-state index in [2.05, 4.69) is 5.16 Å². The SMILES string of the molecule is CCO/N=C(/C)c1ccc(CC(N)C(C)=O)cc1. The molecule has 0 aliphatic rings. The van der Waals surface area contributed by atoms with Crippen molar-refractivity contribution in [1.29, 1.82) is 0 Å². The highest BCUT2D eigenvalue weighted by molar-refractivity contribution is 5.98. The Morgan fingerprint density at radius 2 is 1.94 bits per heavy atom. The Kier molecular flexibility index (Phi) is 5.52. The van der Waals surface area contributed by atoms with Crippen LogP contribution in [0.2, 0.25) is 0 Å². The fourth-order valence-corrected chi connectivity index (χ4v) is 1.49. The van der Waals surface area contributed by atoms with E-state index in [1.54, 1.807) is 0 Å². The summed E-state index contributed by atoms with van der Waals surface area (Å²) in [5.41, 5.74) is 8.60. The molecule has 1 rings (SSSR count). The molecule has 2 N–H and O–H groups in total. The summed E-state index contributed by atoms with van der Waals surface area (Å²) < 4.78 is 0. The van der Waals surface area contributed by atoms with Crippen molar-refractivity contribution < 1.29 is 9.63 Å². The Morgan fingerprint density at radius 3 is 2.44 bits per heavy atom. The number of oxime groups is 1. The summed E-state index contributed by atoms with van der Waals surface area (Å²) in [6, 6.07) is 7.42. The van der Waals surface area contributed by atoms with E-state index in [0.717, 1.165) is 16.8 Å². The van der Waals surface area contributed by atoms with Gasteiger partial charge in [-0.15, -0.1) is 0 Å². The maximum absolute atomic E-state index is 11.1. The zero-order valence-electron chi connectivity index (χ0n) is 11.1. The van der Waals surface area contributed by atoms with Crippen LogP contribution in [0.3, 0.4) is 0 Å². The molecule has 1 unspecified atom stereocenters. The summed E-state index contributed by atoms with van der Waals surface area (Å²) in [6.07, 6.45) is 0.567. The number of benzene rings is 1. The molecule has 0 saturated heterocycles. The molecule has 0 saturated carbocycles. The van der Waals surface area contributed by atoms with E-state index in [-0.39, 0.29) is 5.78 Å². The van der Waals surface area contributed by atoms with E-state index < -0.39 is 6.04 Å². The number of carbonyl (C=O) groups excluding carboxylic acids is 1. The van der Waals surface area contributed by atoms with Crippen LogP contribution in [0.1, 0.15) is 31.9 Å². The van der Waals surface area contributed by atoms with E-state index in [1.165, 1.54) is 6.92 Å². The third-order valence-corrected chi connectivity index (χ3v) is 2.68. The van der Waals surface area contributed by atoms with Crippen LogP contribution in [0, 0.1) is 0 Å². The lowest BCUT2D eigenvalue weighted by Gasteiger charge is -2.08. The van der Waals surface area contributed by atoms with Gasteiger partial charge in [-0.1, -0.05) is 29.4 Å². The largest absolute Gasteiger partial charge is 0.396 e. The first-order valence-corrected chi connectivity index (χ1v) is 6.06. The van der Waals surface area contributed by atoms with Gasteiger partial charge in [0.1, 0.15) is 12.4 Å². The summed E-state index contributed by atoms with van der Waals surface area (Å²) in [7, 11) is 0. The second-order valence-corrected chi connectivity index (χ2v) is 4.21. The molecule has 0 radical (unpaired) electrons. The van der Waals surface area contributed by atoms with Crippen molar-refractivity contribution in [2.75, 3.05) is 6.61 Å². The topological polar surface area (TPSA) is 64.7 Å². The number of nitrogens with two attached hydrogens (primary N) is 1. The van der Waals surface area contributed by atoms with Gasteiger partial charge < -0.3 is 10.6 Å². The van der Waals surface area contributed by atoms with Gasteiger partial charge in [0.15, 0.2) is 0 Å². The third-order valence-electron chi connectivity index (χ3n) is 2.68. The molecule has 0 amide bonds. The van der Waals surface area contributed by atoms with E-state index in [4.69, 9.17) is 10.6 Å². The van der Waals surface area contributed by atoms with Gasteiger partial charge in [-0.3, -0.25) is 4.79 Å². The molecule has 4 heteroatoms. The van der Waals surface area contributed by atoms with Gasteiger partial charge in [-0.25, -0.2) is 0 Å². The monoisotopic (exact) mass is 248 g/mol. The van der Waals surface area contributed by atoms with E-state index in [0.29, 0.717) is 13.0 Å². The number of ketones is 1. The van der Waals surface area contributed by atoms with Crippen molar-refractivity contribution in [1.82, 2.24) is 0 Å². The summed E-state index contributed by atoms with van der Waals surface area (Å²) in [5.74, 6) is 0.00756. The van der Waals surface area contributed by atoms with Crippen LogP contribution < -0.4 is 5.73 Å². The Labute approximate surface area is 108 Å². The normalized spacial score (nSPS) is 13.2. The van der Waals surface area contributed by atoms with Crippen molar-refractivity contribution >= 4 is 11.5 Å². The predicted molar refractivity (Wildman–Crippen MR) is 72.6 cm³/mol. The number of hydrogen-bond donors (Lipinski definition) is 1. The molecule has 0 bridgehead atoms. The van der Waals surface area contributed by atoms with E-state index >= 15 is 0 Å². The quantitative estimate of drug-likeness (QED) is 0.617. The lowest BCUT2D eigenvalue weighted by molar-refractivity contribution is -0.118. The fourth-order valence-electron chi connectivity index (χ4n) is 1.49. The summed E-state index contributed by atoms with van der Waals surface area (Å²) in [5, 5.41) is 3.97. The summed E-state index contributed by atoms with van der Waals surface area (Å²) in [6.45, 7) is 5.86. The maximum atomic E-state index is 11.1. The average molecular weight is 248 g/mol. The zero-order chi connectivity index (χ0) is 13.5. The highest BCUT2D eigenvalue weighted by Crippen LogP contribution is 2.08. The first-order valence-electron chi connectivity index (χ1n) is 6.06. The van der Waals surface area contributed by atoms with Gasteiger partial charge in [0, 0.05) is 0 Å². The first kappa shape index (κ1) is 14.4. The molecule has 0 aliphatic heterocycles. The molecule has 0 spiro atoms. The lowest BCUT2D eigenvalue weighted by Crippen LogP contribution is -2.30. The number of nitrogens with zero attached hydrogens (tertiary/aromatic N) is 1. The second-order valence-electron chi connectivity index (χ2n) is 4.21. The van der Waals surface area contributed by atoms with Gasteiger partial charge in [-0.2, -0.15) is 0 Å². The predicted octanol–water partition coefficient (Wildman–Crippen LogP) is 1.91. The molecule has 0 aliphatic carbocycles. The van der Waals surface area contributed by atoms with Crippen molar-refractivity contribution in [3.05, 3.63) is 35.4 Å². The standard InChI is InChI=1S/C14H20N2O2/c1-4-18-16-10(2)13-7-5-12(6-8-13)9-14(15)11(3)17/h5-8,14H,4,9,15H2,1-3H3/b16-10-. The minimum Gasteiger partial charge on any atom is -0.396 e. The molecule has 4 nitrogen and oxygen atoms in total. The van der Waals surface area contributed by atoms with Crippen LogP contribution in [-0.2, 0) is 16.1 Å². The Bertz CT molecular complexity index is 424. The van der Waals surface area contributed by atoms with Gasteiger partial charge in [0.25, 0.3) is 0 Å². The average Bonchev–Trinajstić information content (AvgIpc) is 2.36. The molecular weight excluding hydrogens is 228 g/mol. The zero-order valence-corrected chi connectivity index (χ0v) is 11.1. The van der Waals surface area contributed by atoms with Crippen LogP contribution in [0.25, 0.3) is 0 Å². The van der Waals surface area contributed by atoms with Gasteiger partial charge >= 0.3 is 0 Å². The number of Topliss-reactive ketones (excluding diaryl/α,β-unsaturated/α-hetero) is 1. The Morgan fingerprint density at radius 1 is 1.33 bits per heavy atom. The van der Waals surface area contributed by atoms with Gasteiger partial charge in [-0.05, 0) is 38.3 Å². The highest BCUT2D eigenvalue weighted by Gasteiger charge is 2.09. The lowest BCUT2D eigenvalue weighted by atomic mass is 10.0. The first-order chi connectivity index (χ1) is 8.54. The van der Waals surface area contributed by atoms with Crippen LogP contribution in [0.4, 0.5) is 0 Å². The molecule has 1 atom stereocenters. The van der Waals surface area contributed by atoms with E-state index in [1.807, 2.05) is 38.1 Å². The molecule has 0 aromatic heterocycles. The van der Waals surface area contributed by atoms with Crippen molar-refractivity contribution in [2.45, 2.75) is 33.2 Å². The molecule has 1 aromatic rings. The third kappa shape index (κ3) is 4.30. The molecule has 98 valence electrons. The minimum absolute atomic E-state index is 0.00756. The Hall–Kier alpha value is -1.68. The van der Waals surface area contributed by atoms with Gasteiger partial charge in [0.2, 0.25) is 0 Å². The number of carbonyl (C=O) groups is 1. The van der Waals surface area contributed by atoms with Crippen LogP contribution in [0.5, 0.6) is 0 Å². The summed E-state index contributed by atoms with van der Waals surface area (Å²) >= 11 is 0. The van der Waals surface area contributed by atoms with Crippen molar-refractivity contribution in [2.24, 2.45) is 10.9 Å². The number of rotatable bonds is 6. The van der Waals surface area contributed by atoms with Crippen molar-refractivity contribution in [3.63, 3.8) is 0 Å². The molecule has 0 heterocycles. The summed E-state index contributed by atoms with van der Waals surface area (Å²) in [4.78, 5) is 16.1. The van der Waals surface area contributed by atoms with E-state index in [9.17, 15) is 4.79 Å². The van der Waals surface area contributed by atoms with Crippen molar-refractivity contribution in [3.8, 4) is 0 Å².